The molecule has 0 heterocycles. The molecule has 6 nitrogen and oxygen atoms in total. The summed E-state index contributed by atoms with van der Waals surface area (Å²) in [6.45, 7) is 6.67. The SMILES string of the molecule is CCCCCCC/C=C\C/C=C\CCCCCCCCCCCCCCCCCCCCCCCC(=O)OCC(COC(=O)CCCCCCCCCCCCCC)OC(=O)CCCCCCC/C=C\CCCCCCCC. The summed E-state index contributed by atoms with van der Waals surface area (Å²) in [6, 6.07) is 0. The van der Waals surface area contributed by atoms with E-state index in [0.29, 0.717) is 19.3 Å². The minimum Gasteiger partial charge on any atom is -0.462 e. The van der Waals surface area contributed by atoms with E-state index >= 15 is 0 Å². The van der Waals surface area contributed by atoms with Gasteiger partial charge in [-0.3, -0.25) is 14.4 Å². The van der Waals surface area contributed by atoms with Crippen LogP contribution in [0.1, 0.15) is 387 Å². The van der Waals surface area contributed by atoms with Gasteiger partial charge < -0.3 is 14.2 Å². The summed E-state index contributed by atoms with van der Waals surface area (Å²) in [5.74, 6) is -0.852. The third kappa shape index (κ3) is 64.5. The maximum absolute atomic E-state index is 12.9. The van der Waals surface area contributed by atoms with E-state index in [-0.39, 0.29) is 31.1 Å². The zero-order valence-electron chi connectivity index (χ0n) is 52.7. The summed E-state index contributed by atoms with van der Waals surface area (Å²) >= 11 is 0. The Bertz CT molecular complexity index is 1300. The predicted molar refractivity (Wildman–Crippen MR) is 339 cm³/mol. The number of carbonyl (C=O) groups is 3. The Hall–Kier alpha value is -2.37. The Morgan fingerprint density at radius 2 is 0.462 bits per heavy atom. The maximum atomic E-state index is 12.9. The topological polar surface area (TPSA) is 78.9 Å². The normalized spacial score (nSPS) is 12.2. The average molecular weight is 1100 g/mol. The van der Waals surface area contributed by atoms with Crippen LogP contribution in [-0.2, 0) is 28.6 Å². The van der Waals surface area contributed by atoms with Crippen LogP contribution in [0.3, 0.4) is 0 Å². The van der Waals surface area contributed by atoms with Gasteiger partial charge in [0.15, 0.2) is 6.10 Å². The summed E-state index contributed by atoms with van der Waals surface area (Å²) in [6.07, 6.45) is 83.3. The van der Waals surface area contributed by atoms with Crippen LogP contribution in [-0.4, -0.2) is 37.2 Å². The van der Waals surface area contributed by atoms with E-state index < -0.39 is 6.10 Å². The molecule has 0 spiro atoms. The Kier molecular flexibility index (Phi) is 65.1. The zero-order chi connectivity index (χ0) is 56.4. The lowest BCUT2D eigenvalue weighted by molar-refractivity contribution is -0.167. The molecule has 0 amide bonds. The third-order valence-corrected chi connectivity index (χ3v) is 15.9. The van der Waals surface area contributed by atoms with Crippen LogP contribution in [0.5, 0.6) is 0 Å². The van der Waals surface area contributed by atoms with Crippen molar-refractivity contribution in [3.63, 3.8) is 0 Å². The molecule has 1 atom stereocenters. The quantitative estimate of drug-likeness (QED) is 0.0261. The molecule has 0 N–H and O–H groups in total. The van der Waals surface area contributed by atoms with E-state index in [1.54, 1.807) is 0 Å². The fraction of sp³-hybridized carbons (Fsp3) is 0.875. The van der Waals surface area contributed by atoms with Crippen LogP contribution in [0.4, 0.5) is 0 Å². The van der Waals surface area contributed by atoms with E-state index in [9.17, 15) is 14.4 Å². The first-order valence-electron chi connectivity index (χ1n) is 35.0. The van der Waals surface area contributed by atoms with Gasteiger partial charge in [-0.15, -0.1) is 0 Å². The van der Waals surface area contributed by atoms with Crippen molar-refractivity contribution < 1.29 is 28.6 Å². The van der Waals surface area contributed by atoms with Crippen LogP contribution in [0, 0.1) is 0 Å². The first-order chi connectivity index (χ1) is 38.5. The van der Waals surface area contributed by atoms with Gasteiger partial charge in [0.2, 0.25) is 0 Å². The molecule has 0 fully saturated rings. The smallest absolute Gasteiger partial charge is 0.306 e. The highest BCUT2D eigenvalue weighted by Crippen LogP contribution is 2.18. The molecule has 0 saturated carbocycles. The molecule has 0 rings (SSSR count). The number of unbranched alkanes of at least 4 members (excludes halogenated alkanes) is 48. The molecule has 1 unspecified atom stereocenters. The second-order valence-corrected chi connectivity index (χ2v) is 23.8. The first-order valence-corrected chi connectivity index (χ1v) is 35.0. The van der Waals surface area contributed by atoms with Crippen molar-refractivity contribution in [3.05, 3.63) is 36.5 Å². The van der Waals surface area contributed by atoms with Gasteiger partial charge >= 0.3 is 17.9 Å². The van der Waals surface area contributed by atoms with Crippen LogP contribution >= 0.6 is 0 Å². The van der Waals surface area contributed by atoms with Crippen molar-refractivity contribution in [3.8, 4) is 0 Å². The van der Waals surface area contributed by atoms with Crippen LogP contribution in [0.2, 0.25) is 0 Å². The minimum atomic E-state index is -0.772. The van der Waals surface area contributed by atoms with Crippen LogP contribution in [0.15, 0.2) is 36.5 Å². The number of hydrogen-bond acceptors (Lipinski definition) is 6. The van der Waals surface area contributed by atoms with Gasteiger partial charge in [-0.05, 0) is 77.0 Å². The highest BCUT2D eigenvalue weighted by Gasteiger charge is 2.19. The van der Waals surface area contributed by atoms with E-state index in [1.807, 2.05) is 0 Å². The molecule has 0 radical (unpaired) electrons. The average Bonchev–Trinajstić information content (AvgIpc) is 3.44. The van der Waals surface area contributed by atoms with Gasteiger partial charge in [0.25, 0.3) is 0 Å². The first kappa shape index (κ1) is 75.6. The van der Waals surface area contributed by atoms with Crippen LogP contribution < -0.4 is 0 Å². The van der Waals surface area contributed by atoms with Gasteiger partial charge in [-0.1, -0.05) is 327 Å². The second-order valence-electron chi connectivity index (χ2n) is 23.8. The molecule has 6 heteroatoms. The van der Waals surface area contributed by atoms with Crippen molar-refractivity contribution in [1.29, 1.82) is 0 Å². The molecule has 0 aliphatic heterocycles. The summed E-state index contributed by atoms with van der Waals surface area (Å²) in [5, 5.41) is 0. The summed E-state index contributed by atoms with van der Waals surface area (Å²) in [4.78, 5) is 38.3. The lowest BCUT2D eigenvalue weighted by atomic mass is 10.0. The standard InChI is InChI=1S/C72H134O6/c1-4-7-10-13-16-19-22-25-27-28-29-30-31-32-33-34-35-36-37-38-39-40-41-42-43-44-46-47-50-53-56-59-62-65-71(74)77-68-69(67-76-70(73)64-61-58-55-52-49-24-21-18-15-12-9-6-3)78-72(75)66-63-60-57-54-51-48-45-26-23-20-17-14-11-8-5-2/h22,25-26,28-29,45,69H,4-21,23-24,27,30-44,46-68H2,1-3H3/b25-22-,29-28-,45-26-. The molecule has 0 aromatic rings. The van der Waals surface area contributed by atoms with Gasteiger partial charge in [-0.2, -0.15) is 0 Å². The van der Waals surface area contributed by atoms with Crippen LogP contribution in [0.25, 0.3) is 0 Å². The number of esters is 3. The molecule has 78 heavy (non-hydrogen) atoms. The van der Waals surface area contributed by atoms with Gasteiger partial charge in [0.05, 0.1) is 0 Å². The van der Waals surface area contributed by atoms with E-state index in [1.165, 1.54) is 276 Å². The molecule has 458 valence electrons. The van der Waals surface area contributed by atoms with Crippen molar-refractivity contribution >= 4 is 17.9 Å². The molecule has 0 aromatic carbocycles. The van der Waals surface area contributed by atoms with Crippen molar-refractivity contribution in [2.75, 3.05) is 13.2 Å². The monoisotopic (exact) mass is 1100 g/mol. The Morgan fingerprint density at radius 3 is 0.718 bits per heavy atom. The van der Waals surface area contributed by atoms with E-state index in [4.69, 9.17) is 14.2 Å². The number of hydrogen-bond donors (Lipinski definition) is 0. The van der Waals surface area contributed by atoms with Crippen molar-refractivity contribution in [2.45, 2.75) is 393 Å². The molecular weight excluding hydrogens is 961 g/mol. The second kappa shape index (κ2) is 67.1. The van der Waals surface area contributed by atoms with Crippen molar-refractivity contribution in [1.82, 2.24) is 0 Å². The summed E-state index contributed by atoms with van der Waals surface area (Å²) < 4.78 is 16.9. The summed E-state index contributed by atoms with van der Waals surface area (Å²) in [7, 11) is 0. The molecule has 0 saturated heterocycles. The van der Waals surface area contributed by atoms with Gasteiger partial charge in [0.1, 0.15) is 13.2 Å². The number of carbonyl (C=O) groups excluding carboxylic acids is 3. The van der Waals surface area contributed by atoms with Crippen molar-refractivity contribution in [2.24, 2.45) is 0 Å². The zero-order valence-corrected chi connectivity index (χ0v) is 52.7. The Labute approximate surface area is 486 Å². The highest BCUT2D eigenvalue weighted by atomic mass is 16.6. The van der Waals surface area contributed by atoms with Gasteiger partial charge in [-0.25, -0.2) is 0 Å². The molecule has 0 aromatic heterocycles. The lowest BCUT2D eigenvalue weighted by Crippen LogP contribution is -2.30. The number of ether oxygens (including phenoxy) is 3. The fourth-order valence-corrected chi connectivity index (χ4v) is 10.6. The van der Waals surface area contributed by atoms with E-state index in [2.05, 4.69) is 57.2 Å². The summed E-state index contributed by atoms with van der Waals surface area (Å²) in [5.41, 5.74) is 0. The molecule has 0 aliphatic carbocycles. The number of allylic oxidation sites excluding steroid dienone is 6. The van der Waals surface area contributed by atoms with Gasteiger partial charge in [0, 0.05) is 19.3 Å². The molecule has 0 bridgehead atoms. The Morgan fingerprint density at radius 1 is 0.256 bits per heavy atom. The Balaban J connectivity index is 4.07. The maximum Gasteiger partial charge on any atom is 0.306 e. The predicted octanol–water partition coefficient (Wildman–Crippen LogP) is 23.9. The largest absolute Gasteiger partial charge is 0.462 e. The number of rotatable bonds is 65. The third-order valence-electron chi connectivity index (χ3n) is 15.9. The molecule has 0 aliphatic rings. The highest BCUT2D eigenvalue weighted by molar-refractivity contribution is 5.71. The minimum absolute atomic E-state index is 0.0694. The molecular formula is C72H134O6. The van der Waals surface area contributed by atoms with E-state index in [0.717, 1.165) is 70.6 Å². The fourth-order valence-electron chi connectivity index (χ4n) is 10.6. The lowest BCUT2D eigenvalue weighted by Gasteiger charge is -2.18.